The van der Waals surface area contributed by atoms with Crippen molar-refractivity contribution < 1.29 is 4.74 Å². The van der Waals surface area contributed by atoms with Crippen LogP contribution >= 0.6 is 11.6 Å². The van der Waals surface area contributed by atoms with E-state index in [2.05, 4.69) is 67.0 Å². The van der Waals surface area contributed by atoms with Gasteiger partial charge in [0.15, 0.2) is 0 Å². The summed E-state index contributed by atoms with van der Waals surface area (Å²) in [6.45, 7) is 10.4. The average Bonchev–Trinajstić information content (AvgIpc) is 2.91. The topological polar surface area (TPSA) is 39.9 Å². The fraction of sp³-hybridized carbons (Fsp3) is 0.368. The molecule has 1 aromatic carbocycles. The number of ether oxygens (including phenoxy) is 1. The zero-order valence-electron chi connectivity index (χ0n) is 15.2. The maximum atomic E-state index is 6.39. The summed E-state index contributed by atoms with van der Waals surface area (Å²) in [5, 5.41) is 1.35. The molecule has 0 radical (unpaired) electrons. The number of rotatable bonds is 6. The van der Waals surface area contributed by atoms with Crippen LogP contribution in [0.25, 0.3) is 22.2 Å². The highest BCUT2D eigenvalue weighted by atomic mass is 35.5. The summed E-state index contributed by atoms with van der Waals surface area (Å²) in [5.41, 5.74) is 4.17. The Labute approximate surface area is 154 Å². The molecule has 0 amide bonds. The van der Waals surface area contributed by atoms with E-state index < -0.39 is 8.07 Å². The largest absolute Gasteiger partial charge is 0.361 e. The van der Waals surface area contributed by atoms with Crippen molar-refractivity contribution in [2.75, 3.05) is 6.61 Å². The van der Waals surface area contributed by atoms with Crippen LogP contribution in [-0.4, -0.2) is 29.2 Å². The molecule has 4 nitrogen and oxygen atoms in total. The molecule has 0 unspecified atom stereocenters. The molecule has 2 heterocycles. The Bertz CT molecular complexity index is 886. The highest BCUT2D eigenvalue weighted by Crippen LogP contribution is 2.33. The number of hydrogen-bond acceptors (Lipinski definition) is 3. The second kappa shape index (κ2) is 7.28. The van der Waals surface area contributed by atoms with E-state index in [9.17, 15) is 0 Å². The minimum Gasteiger partial charge on any atom is -0.361 e. The van der Waals surface area contributed by atoms with Crippen molar-refractivity contribution in [2.24, 2.45) is 0 Å². The van der Waals surface area contributed by atoms with Gasteiger partial charge in [-0.2, -0.15) is 0 Å². The summed E-state index contributed by atoms with van der Waals surface area (Å²) in [6, 6.07) is 9.51. The van der Waals surface area contributed by atoms with Gasteiger partial charge in [0.25, 0.3) is 0 Å². The van der Waals surface area contributed by atoms with E-state index >= 15 is 0 Å². The molecule has 3 aromatic rings. The van der Waals surface area contributed by atoms with E-state index in [0.717, 1.165) is 34.8 Å². The summed E-state index contributed by atoms with van der Waals surface area (Å²) in [7, 11) is -1.09. The molecule has 0 aliphatic heterocycles. The molecule has 3 rings (SSSR count). The lowest BCUT2D eigenvalue weighted by Gasteiger charge is -2.15. The van der Waals surface area contributed by atoms with E-state index in [1.54, 1.807) is 0 Å². The van der Waals surface area contributed by atoms with Crippen molar-refractivity contribution in [3.63, 3.8) is 0 Å². The number of hydrogen-bond donors (Lipinski definition) is 0. The first kappa shape index (κ1) is 18.1. The predicted molar refractivity (Wildman–Crippen MR) is 107 cm³/mol. The van der Waals surface area contributed by atoms with Crippen molar-refractivity contribution >= 4 is 30.7 Å². The highest BCUT2D eigenvalue weighted by Gasteiger charge is 2.16. The molecule has 0 aliphatic carbocycles. The van der Waals surface area contributed by atoms with E-state index in [-0.39, 0.29) is 0 Å². The van der Waals surface area contributed by atoms with Crippen molar-refractivity contribution in [3.05, 3.63) is 47.5 Å². The third kappa shape index (κ3) is 4.29. The molecule has 0 atom stereocenters. The monoisotopic (exact) mass is 373 g/mol. The fourth-order valence-corrected chi connectivity index (χ4v) is 3.74. The van der Waals surface area contributed by atoms with Gasteiger partial charge in [-0.15, -0.1) is 0 Å². The molecule has 0 N–H and O–H groups in total. The van der Waals surface area contributed by atoms with Crippen molar-refractivity contribution in [2.45, 2.75) is 39.3 Å². The average molecular weight is 374 g/mol. The van der Waals surface area contributed by atoms with Crippen LogP contribution in [0.4, 0.5) is 0 Å². The lowest BCUT2D eigenvalue weighted by Crippen LogP contribution is -2.22. The normalized spacial score (nSPS) is 12.0. The van der Waals surface area contributed by atoms with E-state index in [1.165, 1.54) is 11.9 Å². The van der Waals surface area contributed by atoms with Crippen LogP contribution in [0.1, 0.15) is 5.56 Å². The van der Waals surface area contributed by atoms with Crippen LogP contribution in [0.2, 0.25) is 30.8 Å². The SMILES string of the molecule is Cc1cccc(-c2cn(COCC[Si](C)(C)C)c3ncnc(Cl)c23)c1. The lowest BCUT2D eigenvalue weighted by atomic mass is 10.0. The molecule has 6 heteroatoms. The molecule has 0 saturated carbocycles. The number of halogens is 1. The van der Waals surface area contributed by atoms with Gasteiger partial charge in [-0.3, -0.25) is 0 Å². The van der Waals surface area contributed by atoms with Gasteiger partial charge in [-0.05, 0) is 18.5 Å². The van der Waals surface area contributed by atoms with Gasteiger partial charge in [-0.1, -0.05) is 61.1 Å². The zero-order chi connectivity index (χ0) is 18.0. The van der Waals surface area contributed by atoms with Crippen LogP contribution in [0.5, 0.6) is 0 Å². The van der Waals surface area contributed by atoms with E-state index in [1.807, 2.05) is 4.57 Å². The molecule has 2 aromatic heterocycles. The number of fused-ring (bicyclic) bond motifs is 1. The van der Waals surface area contributed by atoms with Crippen LogP contribution in [-0.2, 0) is 11.5 Å². The molecular formula is C19H24ClN3OSi. The van der Waals surface area contributed by atoms with Gasteiger partial charge in [0.1, 0.15) is 23.9 Å². The minimum atomic E-state index is -1.09. The van der Waals surface area contributed by atoms with Gasteiger partial charge in [0, 0.05) is 26.4 Å². The van der Waals surface area contributed by atoms with Gasteiger partial charge >= 0.3 is 0 Å². The molecule has 0 saturated heterocycles. The summed E-state index contributed by atoms with van der Waals surface area (Å²) >= 11 is 6.39. The second-order valence-electron chi connectivity index (χ2n) is 7.59. The van der Waals surface area contributed by atoms with Crippen molar-refractivity contribution in [1.82, 2.24) is 14.5 Å². The maximum absolute atomic E-state index is 6.39. The molecule has 0 spiro atoms. The fourth-order valence-electron chi connectivity index (χ4n) is 2.76. The third-order valence-electron chi connectivity index (χ3n) is 4.16. The molecule has 25 heavy (non-hydrogen) atoms. The highest BCUT2D eigenvalue weighted by molar-refractivity contribution is 6.76. The summed E-state index contributed by atoms with van der Waals surface area (Å²) < 4.78 is 7.93. The third-order valence-corrected chi connectivity index (χ3v) is 6.15. The minimum absolute atomic E-state index is 0.472. The maximum Gasteiger partial charge on any atom is 0.147 e. The van der Waals surface area contributed by atoms with Crippen LogP contribution in [0, 0.1) is 6.92 Å². The lowest BCUT2D eigenvalue weighted by molar-refractivity contribution is 0.0899. The number of nitrogens with zero attached hydrogens (tertiary/aromatic N) is 3. The standard InChI is InChI=1S/C19H24ClN3OSi/c1-14-6-5-7-15(10-14)16-11-23(13-24-8-9-25(2,3)4)19-17(16)18(20)21-12-22-19/h5-7,10-12H,8-9,13H2,1-4H3. The quantitative estimate of drug-likeness (QED) is 0.331. The summed E-state index contributed by atoms with van der Waals surface area (Å²) in [4.78, 5) is 8.60. The Morgan fingerprint density at radius 2 is 2.00 bits per heavy atom. The molecule has 132 valence electrons. The Kier molecular flexibility index (Phi) is 5.27. The van der Waals surface area contributed by atoms with Crippen LogP contribution in [0.15, 0.2) is 36.8 Å². The zero-order valence-corrected chi connectivity index (χ0v) is 17.0. The van der Waals surface area contributed by atoms with Gasteiger partial charge in [-0.25, -0.2) is 9.97 Å². The molecule has 0 aliphatic rings. The van der Waals surface area contributed by atoms with Crippen molar-refractivity contribution in [3.8, 4) is 11.1 Å². The first-order valence-corrected chi connectivity index (χ1v) is 12.6. The van der Waals surface area contributed by atoms with E-state index in [4.69, 9.17) is 16.3 Å². The molecule has 0 bridgehead atoms. The Balaban J connectivity index is 1.93. The van der Waals surface area contributed by atoms with Crippen LogP contribution in [0.3, 0.4) is 0 Å². The smallest absolute Gasteiger partial charge is 0.147 e. The Morgan fingerprint density at radius 3 is 2.72 bits per heavy atom. The Morgan fingerprint density at radius 1 is 1.20 bits per heavy atom. The summed E-state index contributed by atoms with van der Waals surface area (Å²) in [5.74, 6) is 0. The predicted octanol–water partition coefficient (Wildman–Crippen LogP) is 5.37. The van der Waals surface area contributed by atoms with Gasteiger partial charge < -0.3 is 9.30 Å². The second-order valence-corrected chi connectivity index (χ2v) is 13.6. The van der Waals surface area contributed by atoms with Crippen molar-refractivity contribution in [1.29, 1.82) is 0 Å². The Hall–Kier alpha value is -1.69. The number of aromatic nitrogens is 3. The number of benzene rings is 1. The van der Waals surface area contributed by atoms with Gasteiger partial charge in [0.2, 0.25) is 0 Å². The molecule has 0 fully saturated rings. The first-order chi connectivity index (χ1) is 11.8. The summed E-state index contributed by atoms with van der Waals surface area (Å²) in [6.07, 6.45) is 3.57. The van der Waals surface area contributed by atoms with E-state index in [0.29, 0.717) is 11.9 Å². The van der Waals surface area contributed by atoms with Crippen LogP contribution < -0.4 is 0 Å². The first-order valence-electron chi connectivity index (χ1n) is 8.49. The molecular weight excluding hydrogens is 350 g/mol. The van der Waals surface area contributed by atoms with Gasteiger partial charge in [0.05, 0.1) is 5.39 Å². The number of aryl methyl sites for hydroxylation is 1.